The molecule has 0 atom stereocenters. The van der Waals surface area contributed by atoms with Gasteiger partial charge in [0, 0.05) is 5.69 Å². The molecule has 1 aromatic heterocycles. The molecule has 0 aliphatic rings. The second-order valence-corrected chi connectivity index (χ2v) is 4.86. The van der Waals surface area contributed by atoms with Crippen molar-refractivity contribution in [3.05, 3.63) is 45.8 Å². The van der Waals surface area contributed by atoms with Gasteiger partial charge >= 0.3 is 0 Å². The maximum absolute atomic E-state index is 12.6. The van der Waals surface area contributed by atoms with Crippen molar-refractivity contribution < 1.29 is 23.2 Å². The molecule has 1 aromatic carbocycles. The Balaban J connectivity index is 2.17. The van der Waals surface area contributed by atoms with Crippen LogP contribution in [0.2, 0.25) is 0 Å². The van der Waals surface area contributed by atoms with E-state index < -0.39 is 22.9 Å². The molecule has 0 saturated heterocycles. The summed E-state index contributed by atoms with van der Waals surface area (Å²) < 4.78 is 31.2. The molecule has 0 unspecified atom stereocenters. The van der Waals surface area contributed by atoms with Crippen molar-refractivity contribution in [2.75, 3.05) is 12.4 Å². The first-order valence-corrected chi connectivity index (χ1v) is 6.76. The lowest BCUT2D eigenvalue weighted by Gasteiger charge is -2.08. The highest BCUT2D eigenvalue weighted by atomic mass is 19.3. The van der Waals surface area contributed by atoms with Gasteiger partial charge in [0.1, 0.15) is 23.7 Å². The predicted molar refractivity (Wildman–Crippen MR) is 80.2 cm³/mol. The Morgan fingerprint density at radius 2 is 2.17 bits per heavy atom. The van der Waals surface area contributed by atoms with E-state index in [0.29, 0.717) is 5.69 Å². The number of hydrogen-bond donors (Lipinski definition) is 1. The molecule has 2 aromatic rings. The Bertz CT molecular complexity index is 776. The maximum Gasteiger partial charge on any atom is 0.296 e. The summed E-state index contributed by atoms with van der Waals surface area (Å²) in [6, 6.07) is 5.13. The SMILES string of the molecule is COc1ccc(NC(=O)Cn2nc(C(F)F)cc2C)c([N+](=O)[O-])c1. The molecular formula is C14H14F2N4O4. The fourth-order valence-corrected chi connectivity index (χ4v) is 2.02. The fraction of sp³-hybridized carbons (Fsp3) is 0.286. The van der Waals surface area contributed by atoms with Gasteiger partial charge in [0.05, 0.1) is 18.1 Å². The van der Waals surface area contributed by atoms with Gasteiger partial charge in [-0.05, 0) is 25.1 Å². The molecule has 0 aliphatic carbocycles. The van der Waals surface area contributed by atoms with Crippen molar-refractivity contribution in [3.8, 4) is 5.75 Å². The maximum atomic E-state index is 12.6. The second-order valence-electron chi connectivity index (χ2n) is 4.86. The zero-order chi connectivity index (χ0) is 17.9. The largest absolute Gasteiger partial charge is 0.496 e. The highest BCUT2D eigenvalue weighted by molar-refractivity contribution is 5.93. The van der Waals surface area contributed by atoms with Crippen LogP contribution in [0.1, 0.15) is 17.8 Å². The smallest absolute Gasteiger partial charge is 0.296 e. The summed E-state index contributed by atoms with van der Waals surface area (Å²) in [6.07, 6.45) is -2.74. The summed E-state index contributed by atoms with van der Waals surface area (Å²) in [6.45, 7) is 1.18. The average molecular weight is 340 g/mol. The number of rotatable bonds is 6. The van der Waals surface area contributed by atoms with Crippen LogP contribution in [0.5, 0.6) is 5.75 Å². The quantitative estimate of drug-likeness (QED) is 0.644. The molecule has 1 amide bonds. The van der Waals surface area contributed by atoms with Gasteiger partial charge in [0.2, 0.25) is 5.91 Å². The van der Waals surface area contributed by atoms with Crippen LogP contribution in [0, 0.1) is 17.0 Å². The minimum absolute atomic E-state index is 0.0234. The number of aryl methyl sites for hydroxylation is 1. The molecule has 8 nitrogen and oxygen atoms in total. The molecule has 0 aliphatic heterocycles. The lowest BCUT2D eigenvalue weighted by molar-refractivity contribution is -0.384. The van der Waals surface area contributed by atoms with Crippen molar-refractivity contribution in [1.82, 2.24) is 9.78 Å². The van der Waals surface area contributed by atoms with Gasteiger partial charge in [-0.25, -0.2) is 8.78 Å². The number of amides is 1. The molecular weight excluding hydrogens is 326 g/mol. The Kier molecular flexibility index (Phi) is 5.07. The normalized spacial score (nSPS) is 10.7. The number of halogens is 2. The molecule has 0 bridgehead atoms. The third-order valence-corrected chi connectivity index (χ3v) is 3.19. The van der Waals surface area contributed by atoms with Crippen LogP contribution < -0.4 is 10.1 Å². The van der Waals surface area contributed by atoms with Crippen molar-refractivity contribution in [2.45, 2.75) is 19.9 Å². The fourth-order valence-electron chi connectivity index (χ4n) is 2.02. The van der Waals surface area contributed by atoms with E-state index in [4.69, 9.17) is 4.74 Å². The number of carbonyl (C=O) groups excluding carboxylic acids is 1. The van der Waals surface area contributed by atoms with E-state index in [-0.39, 0.29) is 23.7 Å². The van der Waals surface area contributed by atoms with Crippen LogP contribution in [0.3, 0.4) is 0 Å². The van der Waals surface area contributed by atoms with Gasteiger partial charge < -0.3 is 10.1 Å². The molecule has 0 spiro atoms. The molecule has 128 valence electrons. The topological polar surface area (TPSA) is 99.3 Å². The number of aromatic nitrogens is 2. The number of carbonyl (C=O) groups is 1. The predicted octanol–water partition coefficient (Wildman–Crippen LogP) is 2.68. The summed E-state index contributed by atoms with van der Waals surface area (Å²) in [4.78, 5) is 22.4. The summed E-state index contributed by atoms with van der Waals surface area (Å²) in [5.41, 5.74) is -0.418. The molecule has 0 fully saturated rings. The lowest BCUT2D eigenvalue weighted by atomic mass is 10.2. The summed E-state index contributed by atoms with van der Waals surface area (Å²) in [5.74, 6) is -0.362. The zero-order valence-electron chi connectivity index (χ0n) is 12.8. The molecule has 10 heteroatoms. The lowest BCUT2D eigenvalue weighted by Crippen LogP contribution is -2.21. The van der Waals surface area contributed by atoms with Crippen molar-refractivity contribution in [2.24, 2.45) is 0 Å². The number of nitro benzene ring substituents is 1. The van der Waals surface area contributed by atoms with Gasteiger partial charge in [0.25, 0.3) is 12.1 Å². The van der Waals surface area contributed by atoms with Crippen molar-refractivity contribution in [3.63, 3.8) is 0 Å². The first kappa shape index (κ1) is 17.3. The highest BCUT2D eigenvalue weighted by Gasteiger charge is 2.19. The monoisotopic (exact) mass is 340 g/mol. The number of methoxy groups -OCH3 is 1. The van der Waals surface area contributed by atoms with Gasteiger partial charge in [-0.1, -0.05) is 0 Å². The molecule has 1 heterocycles. The van der Waals surface area contributed by atoms with Crippen LogP contribution >= 0.6 is 0 Å². The zero-order valence-corrected chi connectivity index (χ0v) is 12.8. The van der Waals surface area contributed by atoms with Crippen LogP contribution in [-0.2, 0) is 11.3 Å². The van der Waals surface area contributed by atoms with E-state index in [1.807, 2.05) is 0 Å². The standard InChI is InChI=1S/C14H14F2N4O4/c1-8-5-11(14(15)16)18-19(8)7-13(21)17-10-4-3-9(24-2)6-12(10)20(22)23/h3-6,14H,7H2,1-2H3,(H,17,21). The van der Waals surface area contributed by atoms with Crippen LogP contribution in [0.4, 0.5) is 20.2 Å². The van der Waals surface area contributed by atoms with E-state index in [0.717, 1.165) is 4.68 Å². The second kappa shape index (κ2) is 7.02. The number of nitrogens with one attached hydrogen (secondary N) is 1. The number of anilines is 1. The minimum Gasteiger partial charge on any atom is -0.496 e. The van der Waals surface area contributed by atoms with E-state index in [1.54, 1.807) is 0 Å². The summed E-state index contributed by atoms with van der Waals surface area (Å²) >= 11 is 0. The molecule has 2 rings (SSSR count). The third-order valence-electron chi connectivity index (χ3n) is 3.19. The number of hydrogen-bond acceptors (Lipinski definition) is 5. The van der Waals surface area contributed by atoms with Gasteiger partial charge in [-0.2, -0.15) is 5.10 Å². The van der Waals surface area contributed by atoms with Gasteiger partial charge in [-0.15, -0.1) is 0 Å². The number of alkyl halides is 2. The summed E-state index contributed by atoms with van der Waals surface area (Å²) in [7, 11) is 1.36. The summed E-state index contributed by atoms with van der Waals surface area (Å²) in [5, 5.41) is 17.1. The number of nitro groups is 1. The van der Waals surface area contributed by atoms with Gasteiger partial charge in [-0.3, -0.25) is 19.6 Å². The van der Waals surface area contributed by atoms with Crippen LogP contribution in [0.25, 0.3) is 0 Å². The Hall–Kier alpha value is -3.04. The van der Waals surface area contributed by atoms with Crippen molar-refractivity contribution in [1.29, 1.82) is 0 Å². The average Bonchev–Trinajstić information content (AvgIpc) is 2.88. The molecule has 24 heavy (non-hydrogen) atoms. The number of ether oxygens (including phenoxy) is 1. The number of nitrogens with zero attached hydrogens (tertiary/aromatic N) is 3. The Morgan fingerprint density at radius 3 is 2.71 bits per heavy atom. The third kappa shape index (κ3) is 3.83. The van der Waals surface area contributed by atoms with Crippen LogP contribution in [0.15, 0.2) is 24.3 Å². The highest BCUT2D eigenvalue weighted by Crippen LogP contribution is 2.29. The number of benzene rings is 1. The van der Waals surface area contributed by atoms with Gasteiger partial charge in [0.15, 0.2) is 0 Å². The van der Waals surface area contributed by atoms with E-state index in [2.05, 4.69) is 10.4 Å². The first-order valence-electron chi connectivity index (χ1n) is 6.76. The van der Waals surface area contributed by atoms with E-state index in [9.17, 15) is 23.7 Å². The first-order chi connectivity index (χ1) is 11.3. The molecule has 0 saturated carbocycles. The van der Waals surface area contributed by atoms with E-state index >= 15 is 0 Å². The Morgan fingerprint density at radius 1 is 1.46 bits per heavy atom. The minimum atomic E-state index is -2.74. The molecule has 0 radical (unpaired) electrons. The molecule has 1 N–H and O–H groups in total. The van der Waals surface area contributed by atoms with Crippen LogP contribution in [-0.4, -0.2) is 27.7 Å². The van der Waals surface area contributed by atoms with Crippen molar-refractivity contribution >= 4 is 17.3 Å². The van der Waals surface area contributed by atoms with E-state index in [1.165, 1.54) is 38.3 Å². The Labute approximate surface area is 135 Å².